The van der Waals surface area contributed by atoms with Crippen molar-refractivity contribution in [2.75, 3.05) is 5.32 Å². The number of hydrogen-bond donors (Lipinski definition) is 1. The van der Waals surface area contributed by atoms with Gasteiger partial charge in [0, 0.05) is 15.7 Å². The maximum Gasteiger partial charge on any atom is 0.292 e. The smallest absolute Gasteiger partial charge is 0.292 e. The number of rotatable bonds is 7. The van der Waals surface area contributed by atoms with Crippen molar-refractivity contribution >= 4 is 62.5 Å². The number of carbonyl (C=O) groups is 1. The van der Waals surface area contributed by atoms with Gasteiger partial charge in [-0.05, 0) is 42.0 Å². The van der Waals surface area contributed by atoms with Gasteiger partial charge in [-0.2, -0.15) is 5.10 Å². The average Bonchev–Trinajstić information content (AvgIpc) is 3.36. The predicted molar refractivity (Wildman–Crippen MR) is 128 cm³/mol. The Labute approximate surface area is 207 Å². The first-order valence-electron chi connectivity index (χ1n) is 9.33. The van der Waals surface area contributed by atoms with Crippen LogP contribution >= 0.6 is 50.7 Å². The molecule has 0 atom stereocenters. The van der Waals surface area contributed by atoms with Crippen molar-refractivity contribution in [3.63, 3.8) is 0 Å². The molecule has 2 aromatic carbocycles. The molecule has 0 radical (unpaired) electrons. The normalized spacial score (nSPS) is 10.9. The van der Waals surface area contributed by atoms with Crippen LogP contribution in [0.1, 0.15) is 21.9 Å². The van der Waals surface area contributed by atoms with Gasteiger partial charge in [-0.25, -0.2) is 0 Å². The Hall–Kier alpha value is -2.45. The molecule has 1 amide bonds. The summed E-state index contributed by atoms with van der Waals surface area (Å²) in [7, 11) is 0. The lowest BCUT2D eigenvalue weighted by Crippen LogP contribution is -2.12. The monoisotopic (exact) mass is 553 g/mol. The summed E-state index contributed by atoms with van der Waals surface area (Å²) >= 11 is 21.9. The Balaban J connectivity index is 1.39. The van der Waals surface area contributed by atoms with Crippen molar-refractivity contribution < 1.29 is 13.9 Å². The van der Waals surface area contributed by atoms with Crippen LogP contribution < -0.4 is 10.1 Å². The van der Waals surface area contributed by atoms with Gasteiger partial charge in [0.1, 0.15) is 23.1 Å². The lowest BCUT2D eigenvalue weighted by molar-refractivity contribution is 0.0992. The van der Waals surface area contributed by atoms with Gasteiger partial charge in [-0.1, -0.05) is 68.9 Å². The molecular weight excluding hydrogens is 541 g/mol. The van der Waals surface area contributed by atoms with Crippen molar-refractivity contribution in [3.05, 3.63) is 97.4 Å². The largest absolute Gasteiger partial charge is 0.484 e. The minimum Gasteiger partial charge on any atom is -0.484 e. The summed E-state index contributed by atoms with van der Waals surface area (Å²) in [4.78, 5) is 12.6. The summed E-state index contributed by atoms with van der Waals surface area (Å²) < 4.78 is 13.7. The first-order valence-corrected chi connectivity index (χ1v) is 11.3. The maximum atomic E-state index is 12.6. The van der Waals surface area contributed by atoms with Crippen molar-refractivity contribution in [2.24, 2.45) is 0 Å². The molecule has 0 aliphatic rings. The van der Waals surface area contributed by atoms with Gasteiger partial charge in [-0.15, -0.1) is 0 Å². The summed E-state index contributed by atoms with van der Waals surface area (Å²) in [6.07, 6.45) is 1.61. The summed E-state index contributed by atoms with van der Waals surface area (Å²) in [6, 6.07) is 15.9. The topological polar surface area (TPSA) is 69.3 Å². The Morgan fingerprint density at radius 1 is 1.06 bits per heavy atom. The highest BCUT2D eigenvalue weighted by Gasteiger charge is 2.16. The number of nitrogens with one attached hydrogen (secondary N) is 1. The van der Waals surface area contributed by atoms with Crippen LogP contribution in [0.3, 0.4) is 0 Å². The van der Waals surface area contributed by atoms with E-state index < -0.39 is 5.91 Å². The molecule has 0 bridgehead atoms. The van der Waals surface area contributed by atoms with Gasteiger partial charge >= 0.3 is 0 Å². The van der Waals surface area contributed by atoms with E-state index >= 15 is 0 Å². The molecule has 0 saturated heterocycles. The molecular formula is C22H15BrCl3N3O3. The fraction of sp³-hybridized carbons (Fsp3) is 0.0909. The number of amides is 1. The third-order valence-corrected chi connectivity index (χ3v) is 5.82. The van der Waals surface area contributed by atoms with Crippen LogP contribution in [-0.4, -0.2) is 15.7 Å². The molecule has 6 nitrogen and oxygen atoms in total. The third kappa shape index (κ3) is 5.48. The Kier molecular flexibility index (Phi) is 7.10. The van der Waals surface area contributed by atoms with E-state index in [9.17, 15) is 4.79 Å². The highest BCUT2D eigenvalue weighted by molar-refractivity contribution is 9.10. The molecule has 4 aromatic rings. The Morgan fingerprint density at radius 3 is 2.66 bits per heavy atom. The molecule has 0 fully saturated rings. The van der Waals surface area contributed by atoms with Crippen molar-refractivity contribution in [1.82, 2.24) is 9.78 Å². The van der Waals surface area contributed by atoms with Crippen LogP contribution in [0.4, 0.5) is 5.82 Å². The molecule has 0 spiro atoms. The summed E-state index contributed by atoms with van der Waals surface area (Å²) in [5.41, 5.74) is 0.882. The molecule has 32 heavy (non-hydrogen) atoms. The minimum atomic E-state index is -0.484. The Morgan fingerprint density at radius 2 is 1.88 bits per heavy atom. The number of carbonyl (C=O) groups excluding carboxylic acids is 1. The molecule has 10 heteroatoms. The number of nitrogens with zero attached hydrogens (tertiary/aromatic N) is 2. The first-order chi connectivity index (χ1) is 15.4. The molecule has 0 unspecified atom stereocenters. The van der Waals surface area contributed by atoms with E-state index in [0.29, 0.717) is 33.1 Å². The van der Waals surface area contributed by atoms with Gasteiger partial charge < -0.3 is 14.5 Å². The van der Waals surface area contributed by atoms with Crippen LogP contribution in [0.25, 0.3) is 0 Å². The lowest BCUT2D eigenvalue weighted by atomic mass is 10.2. The number of ether oxygens (including phenoxy) is 1. The summed E-state index contributed by atoms with van der Waals surface area (Å²) in [6.45, 7) is 0.526. The van der Waals surface area contributed by atoms with Gasteiger partial charge in [0.15, 0.2) is 11.6 Å². The van der Waals surface area contributed by atoms with E-state index in [-0.39, 0.29) is 18.2 Å². The fourth-order valence-electron chi connectivity index (χ4n) is 2.85. The number of aromatic nitrogens is 2. The molecule has 4 rings (SSSR count). The highest BCUT2D eigenvalue weighted by Crippen LogP contribution is 2.29. The van der Waals surface area contributed by atoms with Crippen molar-refractivity contribution in [3.8, 4) is 5.75 Å². The summed E-state index contributed by atoms with van der Waals surface area (Å²) in [5.74, 6) is 0.808. The number of halogens is 4. The lowest BCUT2D eigenvalue weighted by Gasteiger charge is -2.06. The predicted octanol–water partition coefficient (Wildman–Crippen LogP) is 7.08. The van der Waals surface area contributed by atoms with E-state index in [1.807, 2.05) is 24.3 Å². The molecule has 0 aliphatic heterocycles. The third-order valence-electron chi connectivity index (χ3n) is 4.39. The molecule has 2 aromatic heterocycles. The maximum absolute atomic E-state index is 12.6. The quantitative estimate of drug-likeness (QED) is 0.265. The van der Waals surface area contributed by atoms with Crippen LogP contribution in [0.5, 0.6) is 5.75 Å². The number of furan rings is 1. The standard InChI is InChI=1S/C22H15BrCl3N3O3/c23-14-5-7-19(17(25)9-14)31-12-15-6-8-20(32-15)22(30)27-21-18(26)11-29(28-21)10-13-3-1-2-4-16(13)24/h1-9,11H,10,12H2,(H,27,28,30). The van der Waals surface area contributed by atoms with Gasteiger partial charge in [0.25, 0.3) is 5.91 Å². The van der Waals surface area contributed by atoms with Crippen LogP contribution in [0.2, 0.25) is 15.1 Å². The Bertz CT molecular complexity index is 1270. The molecule has 0 aliphatic carbocycles. The van der Waals surface area contributed by atoms with Crippen LogP contribution in [-0.2, 0) is 13.2 Å². The zero-order valence-electron chi connectivity index (χ0n) is 16.3. The highest BCUT2D eigenvalue weighted by atomic mass is 79.9. The minimum absolute atomic E-state index is 0.0993. The van der Waals surface area contributed by atoms with Gasteiger partial charge in [0.2, 0.25) is 0 Å². The SMILES string of the molecule is O=C(Nc1nn(Cc2ccccc2Cl)cc1Cl)c1ccc(COc2ccc(Br)cc2Cl)o1. The zero-order valence-corrected chi connectivity index (χ0v) is 20.2. The summed E-state index contributed by atoms with van der Waals surface area (Å²) in [5, 5.41) is 8.36. The second-order valence-corrected chi connectivity index (χ2v) is 8.84. The van der Waals surface area contributed by atoms with Gasteiger partial charge in [0.05, 0.1) is 11.6 Å². The number of benzene rings is 2. The molecule has 164 valence electrons. The van der Waals surface area contributed by atoms with E-state index in [4.69, 9.17) is 44.0 Å². The van der Waals surface area contributed by atoms with E-state index in [2.05, 4.69) is 26.3 Å². The second-order valence-electron chi connectivity index (χ2n) is 6.70. The van der Waals surface area contributed by atoms with Crippen LogP contribution in [0.15, 0.2) is 69.7 Å². The molecule has 2 heterocycles. The number of hydrogen-bond acceptors (Lipinski definition) is 4. The number of anilines is 1. The first kappa shape index (κ1) is 22.7. The van der Waals surface area contributed by atoms with E-state index in [1.165, 1.54) is 0 Å². The van der Waals surface area contributed by atoms with Crippen molar-refractivity contribution in [2.45, 2.75) is 13.2 Å². The van der Waals surface area contributed by atoms with E-state index in [1.54, 1.807) is 41.2 Å². The second kappa shape index (κ2) is 10.0. The molecule has 0 saturated carbocycles. The van der Waals surface area contributed by atoms with Gasteiger partial charge in [-0.3, -0.25) is 9.48 Å². The van der Waals surface area contributed by atoms with Crippen molar-refractivity contribution in [1.29, 1.82) is 0 Å². The van der Waals surface area contributed by atoms with Crippen LogP contribution in [0, 0.1) is 0 Å². The fourth-order valence-corrected chi connectivity index (χ4v) is 3.97. The zero-order chi connectivity index (χ0) is 22.7. The van der Waals surface area contributed by atoms with E-state index in [0.717, 1.165) is 10.0 Å². The molecule has 1 N–H and O–H groups in total. The average molecular weight is 556 g/mol.